The Morgan fingerprint density at radius 3 is 2.76 bits per heavy atom. The van der Waals surface area contributed by atoms with Crippen LogP contribution in [0.4, 0.5) is 0 Å². The van der Waals surface area contributed by atoms with Crippen LogP contribution in [-0.4, -0.2) is 43.6 Å². The highest BCUT2D eigenvalue weighted by atomic mass is 16.5. The van der Waals surface area contributed by atoms with E-state index in [0.717, 1.165) is 36.5 Å². The monoisotopic (exact) mass is 391 g/mol. The van der Waals surface area contributed by atoms with Crippen molar-refractivity contribution in [2.24, 2.45) is 0 Å². The van der Waals surface area contributed by atoms with Crippen molar-refractivity contribution < 1.29 is 9.53 Å². The number of hydrogen-bond acceptors (Lipinski definition) is 5. The molecule has 1 fully saturated rings. The average molecular weight is 391 g/mol. The Hall–Kier alpha value is -3.22. The van der Waals surface area contributed by atoms with Gasteiger partial charge in [-0.2, -0.15) is 5.10 Å². The summed E-state index contributed by atoms with van der Waals surface area (Å²) in [5, 5.41) is 4.26. The zero-order chi connectivity index (χ0) is 20.1. The lowest BCUT2D eigenvalue weighted by atomic mass is 9.94. The van der Waals surface area contributed by atoms with Gasteiger partial charge in [0.15, 0.2) is 0 Å². The minimum absolute atomic E-state index is 0.117. The highest BCUT2D eigenvalue weighted by Crippen LogP contribution is 2.32. The maximum Gasteiger partial charge on any atom is 0.241 e. The molecule has 0 radical (unpaired) electrons. The predicted octanol–water partition coefficient (Wildman–Crippen LogP) is 3.57. The van der Waals surface area contributed by atoms with Gasteiger partial charge in [0.1, 0.15) is 11.4 Å². The van der Waals surface area contributed by atoms with E-state index in [-0.39, 0.29) is 11.8 Å². The first-order valence-electron chi connectivity index (χ1n) is 10.0. The van der Waals surface area contributed by atoms with Gasteiger partial charge in [-0.15, -0.1) is 0 Å². The van der Waals surface area contributed by atoms with Crippen molar-refractivity contribution in [1.29, 1.82) is 0 Å². The molecule has 1 atom stereocenters. The molecule has 0 spiro atoms. The van der Waals surface area contributed by atoms with E-state index in [2.05, 4.69) is 15.1 Å². The van der Waals surface area contributed by atoms with E-state index in [1.165, 1.54) is 0 Å². The maximum atomic E-state index is 12.8. The van der Waals surface area contributed by atoms with Gasteiger partial charge in [-0.1, -0.05) is 18.2 Å². The molecule has 0 saturated carbocycles. The fourth-order valence-corrected chi connectivity index (χ4v) is 3.71. The number of hydrogen-bond donors (Lipinski definition) is 0. The van der Waals surface area contributed by atoms with Gasteiger partial charge in [0.25, 0.3) is 0 Å². The van der Waals surface area contributed by atoms with E-state index in [4.69, 9.17) is 4.74 Å². The van der Waals surface area contributed by atoms with E-state index in [0.29, 0.717) is 25.4 Å². The third-order valence-corrected chi connectivity index (χ3v) is 5.28. The van der Waals surface area contributed by atoms with Gasteiger partial charge in [-0.05, 0) is 38.0 Å². The molecule has 1 saturated heterocycles. The molecule has 7 heteroatoms. The van der Waals surface area contributed by atoms with E-state index in [1.807, 2.05) is 52.9 Å². The van der Waals surface area contributed by atoms with Crippen LogP contribution in [0.3, 0.4) is 0 Å². The number of nitrogens with zero attached hydrogens (tertiary/aromatic N) is 5. The summed E-state index contributed by atoms with van der Waals surface area (Å²) in [6.45, 7) is 4.02. The summed E-state index contributed by atoms with van der Waals surface area (Å²) in [5.41, 5.74) is 1.88. The smallest absolute Gasteiger partial charge is 0.241 e. The Morgan fingerprint density at radius 1 is 1.14 bits per heavy atom. The molecule has 4 rings (SSSR count). The summed E-state index contributed by atoms with van der Waals surface area (Å²) in [6, 6.07) is 11.5. The van der Waals surface area contributed by atoms with Crippen LogP contribution in [0.5, 0.6) is 11.6 Å². The minimum Gasteiger partial charge on any atom is -0.437 e. The van der Waals surface area contributed by atoms with Gasteiger partial charge < -0.3 is 9.64 Å². The van der Waals surface area contributed by atoms with Crippen molar-refractivity contribution in [2.45, 2.75) is 38.6 Å². The Bertz CT molecular complexity index is 957. The van der Waals surface area contributed by atoms with Gasteiger partial charge in [0.05, 0.1) is 0 Å². The maximum absolute atomic E-state index is 12.8. The molecule has 1 aromatic carbocycles. The van der Waals surface area contributed by atoms with Gasteiger partial charge in [-0.25, -0.2) is 4.98 Å². The number of ether oxygens (including phenoxy) is 1. The number of aromatic nitrogens is 4. The molecular weight excluding hydrogens is 366 g/mol. The number of para-hydroxylation sites is 1. The second-order valence-corrected chi connectivity index (χ2v) is 7.29. The standard InChI is InChI=1S/C22H25N5O2/c1-17-9-11-25-27(17)15-10-20(28)26-14-5-6-18(16-26)21-22(24-13-12-23-21)29-19-7-3-2-4-8-19/h2-4,7-9,11-13,18H,5-6,10,14-16H2,1H3. The Kier molecular flexibility index (Phi) is 5.84. The zero-order valence-corrected chi connectivity index (χ0v) is 16.6. The summed E-state index contributed by atoms with van der Waals surface area (Å²) in [7, 11) is 0. The SMILES string of the molecule is Cc1ccnn1CCC(=O)N1CCCC(c2nccnc2Oc2ccccc2)C1. The molecule has 1 unspecified atom stereocenters. The van der Waals surface area contributed by atoms with Crippen molar-refractivity contribution in [3.8, 4) is 11.6 Å². The minimum atomic E-state index is 0.117. The lowest BCUT2D eigenvalue weighted by Gasteiger charge is -2.33. The molecule has 0 N–H and O–H groups in total. The van der Waals surface area contributed by atoms with Crippen molar-refractivity contribution in [3.63, 3.8) is 0 Å². The van der Waals surface area contributed by atoms with Crippen molar-refractivity contribution in [2.75, 3.05) is 13.1 Å². The summed E-state index contributed by atoms with van der Waals surface area (Å²) in [5.74, 6) is 1.52. The van der Waals surface area contributed by atoms with Gasteiger partial charge in [0.2, 0.25) is 11.8 Å². The molecule has 7 nitrogen and oxygen atoms in total. The van der Waals surface area contributed by atoms with Crippen molar-refractivity contribution in [1.82, 2.24) is 24.6 Å². The summed E-state index contributed by atoms with van der Waals surface area (Å²) >= 11 is 0. The predicted molar refractivity (Wildman–Crippen MR) is 109 cm³/mol. The summed E-state index contributed by atoms with van der Waals surface area (Å²) in [4.78, 5) is 23.7. The van der Waals surface area contributed by atoms with Crippen LogP contribution in [0.15, 0.2) is 55.0 Å². The van der Waals surface area contributed by atoms with Gasteiger partial charge in [0, 0.05) is 56.3 Å². The largest absolute Gasteiger partial charge is 0.437 e. The van der Waals surface area contributed by atoms with E-state index in [9.17, 15) is 4.79 Å². The second kappa shape index (κ2) is 8.86. The lowest BCUT2D eigenvalue weighted by Crippen LogP contribution is -2.39. The quantitative estimate of drug-likeness (QED) is 0.642. The molecule has 150 valence electrons. The van der Waals surface area contributed by atoms with Crippen LogP contribution in [0.2, 0.25) is 0 Å². The first-order valence-corrected chi connectivity index (χ1v) is 10.0. The first kappa shape index (κ1) is 19.1. The second-order valence-electron chi connectivity index (χ2n) is 7.29. The number of carbonyl (C=O) groups excluding carboxylic acids is 1. The van der Waals surface area contributed by atoms with Crippen LogP contribution in [0.25, 0.3) is 0 Å². The summed E-state index contributed by atoms with van der Waals surface area (Å²) < 4.78 is 7.85. The van der Waals surface area contributed by atoms with Gasteiger partial charge >= 0.3 is 0 Å². The topological polar surface area (TPSA) is 73.1 Å². The number of likely N-dealkylation sites (tertiary alicyclic amines) is 1. The number of rotatable bonds is 6. The van der Waals surface area contributed by atoms with Crippen LogP contribution in [0, 0.1) is 6.92 Å². The number of benzene rings is 1. The Balaban J connectivity index is 1.43. The van der Waals surface area contributed by atoms with Crippen LogP contribution in [0.1, 0.15) is 36.6 Å². The number of carbonyl (C=O) groups is 1. The first-order chi connectivity index (χ1) is 14.2. The van der Waals surface area contributed by atoms with E-state index >= 15 is 0 Å². The fraction of sp³-hybridized carbons (Fsp3) is 0.364. The molecule has 3 heterocycles. The molecule has 2 aromatic heterocycles. The normalized spacial score (nSPS) is 16.6. The third-order valence-electron chi connectivity index (χ3n) is 5.28. The molecule has 1 aliphatic rings. The molecule has 1 amide bonds. The van der Waals surface area contributed by atoms with Crippen LogP contribution in [-0.2, 0) is 11.3 Å². The molecule has 29 heavy (non-hydrogen) atoms. The molecule has 0 bridgehead atoms. The zero-order valence-electron chi connectivity index (χ0n) is 16.6. The molecule has 3 aromatic rings. The van der Waals surface area contributed by atoms with Crippen molar-refractivity contribution in [3.05, 3.63) is 66.4 Å². The van der Waals surface area contributed by atoms with E-state index in [1.54, 1.807) is 18.6 Å². The number of aryl methyl sites for hydroxylation is 2. The third kappa shape index (κ3) is 4.62. The molecule has 0 aliphatic carbocycles. The van der Waals surface area contributed by atoms with Crippen LogP contribution >= 0.6 is 0 Å². The van der Waals surface area contributed by atoms with Crippen molar-refractivity contribution >= 4 is 5.91 Å². The Morgan fingerprint density at radius 2 is 1.97 bits per heavy atom. The number of piperidine rings is 1. The Labute approximate surface area is 170 Å². The van der Waals surface area contributed by atoms with Gasteiger partial charge in [-0.3, -0.25) is 14.5 Å². The summed E-state index contributed by atoms with van der Waals surface area (Å²) in [6.07, 6.45) is 7.45. The highest BCUT2D eigenvalue weighted by Gasteiger charge is 2.28. The average Bonchev–Trinajstić information content (AvgIpc) is 3.18. The molecular formula is C22H25N5O2. The highest BCUT2D eigenvalue weighted by molar-refractivity contribution is 5.76. The van der Waals surface area contributed by atoms with Crippen LogP contribution < -0.4 is 4.74 Å². The lowest BCUT2D eigenvalue weighted by molar-refractivity contribution is -0.132. The molecule has 1 aliphatic heterocycles. The fourth-order valence-electron chi connectivity index (χ4n) is 3.71. The number of amides is 1. The van der Waals surface area contributed by atoms with E-state index < -0.39 is 0 Å².